The first-order chi connectivity index (χ1) is 5.07. The smallest absolute Gasteiger partial charge is 0.362 e. The molecule has 0 bridgehead atoms. The average Bonchev–Trinajstić information content (AvgIpc) is 1.99. The monoisotopic (exact) mass is 180 g/mol. The lowest BCUT2D eigenvalue weighted by atomic mass is 10.2. The molecule has 0 aromatic heterocycles. The Labute approximate surface area is 69.6 Å². The number of hydrogen-bond acceptors (Lipinski definition) is 4. The van der Waals surface area contributed by atoms with Crippen molar-refractivity contribution in [2.45, 2.75) is 13.8 Å². The zero-order valence-corrected chi connectivity index (χ0v) is 7.05. The van der Waals surface area contributed by atoms with Crippen LogP contribution < -0.4 is 0 Å². The molecule has 4 nitrogen and oxygen atoms in total. The molecule has 0 radical (unpaired) electrons. The van der Waals surface area contributed by atoms with Crippen molar-refractivity contribution in [1.82, 2.24) is 0 Å². The predicted molar refractivity (Wildman–Crippen MR) is 37.7 cm³/mol. The van der Waals surface area contributed by atoms with Gasteiger partial charge < -0.3 is 9.03 Å². The second-order valence-corrected chi connectivity index (χ2v) is 2.37. The Balaban J connectivity index is 3.54. The van der Waals surface area contributed by atoms with Gasteiger partial charge in [0.1, 0.15) is 11.9 Å². The summed E-state index contributed by atoms with van der Waals surface area (Å²) in [6, 6.07) is 0. The largest absolute Gasteiger partial charge is 0.453 e. The van der Waals surface area contributed by atoms with Crippen LogP contribution in [0.25, 0.3) is 0 Å². The Hall–Kier alpha value is -0.770. The number of halogens is 1. The third kappa shape index (κ3) is 4.61. The first-order valence-corrected chi connectivity index (χ1v) is 3.37. The normalized spacial score (nSPS) is 9.45. The van der Waals surface area contributed by atoms with Gasteiger partial charge in [-0.2, -0.15) is 0 Å². The zero-order valence-electron chi connectivity index (χ0n) is 6.30. The molecule has 0 amide bonds. The molecule has 0 heterocycles. The van der Waals surface area contributed by atoms with Crippen LogP contribution in [0.3, 0.4) is 0 Å². The fourth-order valence-corrected chi connectivity index (χ4v) is 0.364. The molecule has 0 N–H and O–H groups in total. The van der Waals surface area contributed by atoms with Crippen molar-refractivity contribution in [2.24, 2.45) is 5.92 Å². The molecule has 0 aliphatic rings. The van der Waals surface area contributed by atoms with Gasteiger partial charge in [-0.05, 0) is 0 Å². The van der Waals surface area contributed by atoms with Crippen LogP contribution in [0.4, 0.5) is 0 Å². The van der Waals surface area contributed by atoms with Crippen molar-refractivity contribution in [3.05, 3.63) is 0 Å². The number of carbonyl (C=O) groups is 2. The molecular formula is C6H9ClO4. The van der Waals surface area contributed by atoms with E-state index in [0.717, 1.165) is 0 Å². The topological polar surface area (TPSA) is 52.6 Å². The van der Waals surface area contributed by atoms with Crippen molar-refractivity contribution in [2.75, 3.05) is 6.61 Å². The van der Waals surface area contributed by atoms with Crippen molar-refractivity contribution in [3.8, 4) is 0 Å². The summed E-state index contributed by atoms with van der Waals surface area (Å²) in [6.45, 7) is 2.89. The number of carbonyl (C=O) groups excluding carboxylic acids is 2. The maximum atomic E-state index is 10.7. The summed E-state index contributed by atoms with van der Waals surface area (Å²) in [4.78, 5) is 21.0. The van der Waals surface area contributed by atoms with E-state index in [1.54, 1.807) is 13.8 Å². The molecule has 0 unspecified atom stereocenters. The summed E-state index contributed by atoms with van der Waals surface area (Å²) >= 11 is 4.67. The van der Waals surface area contributed by atoms with Gasteiger partial charge in [0.2, 0.25) is 0 Å². The number of ether oxygens (including phenoxy) is 1. The van der Waals surface area contributed by atoms with E-state index >= 15 is 0 Å². The minimum Gasteiger partial charge on any atom is -0.453 e. The molecule has 0 rings (SSSR count). The highest BCUT2D eigenvalue weighted by Crippen LogP contribution is 1.96. The van der Waals surface area contributed by atoms with Gasteiger partial charge in [-0.15, -0.1) is 0 Å². The summed E-state index contributed by atoms with van der Waals surface area (Å²) < 4.78 is 8.19. The van der Waals surface area contributed by atoms with Crippen molar-refractivity contribution >= 4 is 23.8 Å². The molecule has 64 valence electrons. The Bertz CT molecular complexity index is 155. The number of rotatable bonds is 3. The first kappa shape index (κ1) is 10.2. The Morgan fingerprint density at radius 1 is 1.45 bits per heavy atom. The van der Waals surface area contributed by atoms with E-state index in [1.807, 2.05) is 0 Å². The standard InChI is InChI=1S/C6H9ClO4/c1-4(2)6(9)10-3-5(8)11-7/h4H,3H2,1-2H3. The van der Waals surface area contributed by atoms with Gasteiger partial charge in [0.15, 0.2) is 6.61 Å². The van der Waals surface area contributed by atoms with Gasteiger partial charge in [-0.3, -0.25) is 4.79 Å². The lowest BCUT2D eigenvalue weighted by Gasteiger charge is -2.03. The first-order valence-electron chi connectivity index (χ1n) is 3.06. The molecule has 0 spiro atoms. The SMILES string of the molecule is CC(C)C(=O)OCC(=O)OCl. The minimum atomic E-state index is -0.777. The second-order valence-electron chi connectivity index (χ2n) is 2.21. The molecule has 0 fully saturated rings. The van der Waals surface area contributed by atoms with E-state index in [2.05, 4.69) is 20.9 Å². The van der Waals surface area contributed by atoms with Gasteiger partial charge in [0, 0.05) is 0 Å². The summed E-state index contributed by atoms with van der Waals surface area (Å²) in [6.07, 6.45) is 0. The van der Waals surface area contributed by atoms with E-state index < -0.39 is 18.5 Å². The fraction of sp³-hybridized carbons (Fsp3) is 0.667. The fourth-order valence-electron chi connectivity index (χ4n) is 0.319. The average molecular weight is 181 g/mol. The van der Waals surface area contributed by atoms with Gasteiger partial charge in [0.05, 0.1) is 5.92 Å². The molecule has 0 aliphatic heterocycles. The summed E-state index contributed by atoms with van der Waals surface area (Å²) in [5.41, 5.74) is 0. The molecular weight excluding hydrogens is 172 g/mol. The third-order valence-corrected chi connectivity index (χ3v) is 1.06. The molecule has 5 heteroatoms. The van der Waals surface area contributed by atoms with Crippen LogP contribution in [0.1, 0.15) is 13.8 Å². The zero-order chi connectivity index (χ0) is 8.85. The van der Waals surface area contributed by atoms with Gasteiger partial charge in [-0.1, -0.05) is 13.8 Å². The molecule has 0 saturated heterocycles. The molecule has 0 saturated carbocycles. The van der Waals surface area contributed by atoms with Gasteiger partial charge in [0.25, 0.3) is 0 Å². The van der Waals surface area contributed by atoms with Crippen molar-refractivity contribution in [3.63, 3.8) is 0 Å². The molecule has 11 heavy (non-hydrogen) atoms. The van der Waals surface area contributed by atoms with E-state index in [1.165, 1.54) is 0 Å². The maximum absolute atomic E-state index is 10.7. The summed E-state index contributed by atoms with van der Waals surface area (Å²) in [7, 11) is 0. The van der Waals surface area contributed by atoms with E-state index in [-0.39, 0.29) is 5.92 Å². The van der Waals surface area contributed by atoms with Crippen LogP contribution in [0.5, 0.6) is 0 Å². The summed E-state index contributed by atoms with van der Waals surface area (Å²) in [5, 5.41) is 0. The lowest BCUT2D eigenvalue weighted by molar-refractivity contribution is -0.155. The van der Waals surface area contributed by atoms with Gasteiger partial charge >= 0.3 is 11.9 Å². The highest BCUT2D eigenvalue weighted by Gasteiger charge is 2.11. The Kier molecular flexibility index (Phi) is 4.61. The maximum Gasteiger partial charge on any atom is 0.362 e. The lowest BCUT2D eigenvalue weighted by Crippen LogP contribution is -2.17. The molecule has 0 aromatic rings. The molecule has 0 aromatic carbocycles. The highest BCUT2D eigenvalue weighted by atomic mass is 35.5. The van der Waals surface area contributed by atoms with Crippen LogP contribution in [-0.2, 0) is 18.6 Å². The van der Waals surface area contributed by atoms with Crippen molar-refractivity contribution in [1.29, 1.82) is 0 Å². The second kappa shape index (κ2) is 4.96. The Morgan fingerprint density at radius 3 is 2.36 bits per heavy atom. The molecule has 0 atom stereocenters. The van der Waals surface area contributed by atoms with Crippen LogP contribution >= 0.6 is 11.9 Å². The van der Waals surface area contributed by atoms with E-state index in [9.17, 15) is 9.59 Å². The number of esters is 1. The summed E-state index contributed by atoms with van der Waals surface area (Å²) in [5.74, 6) is -1.48. The van der Waals surface area contributed by atoms with E-state index in [0.29, 0.717) is 0 Å². The Morgan fingerprint density at radius 2 is 2.00 bits per heavy atom. The molecule has 0 aliphatic carbocycles. The third-order valence-electron chi connectivity index (χ3n) is 0.890. The number of hydrogen-bond donors (Lipinski definition) is 0. The quantitative estimate of drug-likeness (QED) is 0.605. The van der Waals surface area contributed by atoms with Crippen LogP contribution in [0.15, 0.2) is 0 Å². The van der Waals surface area contributed by atoms with Crippen LogP contribution in [0.2, 0.25) is 0 Å². The van der Waals surface area contributed by atoms with E-state index in [4.69, 9.17) is 0 Å². The van der Waals surface area contributed by atoms with Crippen LogP contribution in [0, 0.1) is 5.92 Å². The predicted octanol–water partition coefficient (Wildman–Crippen LogP) is 0.883. The van der Waals surface area contributed by atoms with Crippen molar-refractivity contribution < 1.29 is 18.6 Å². The highest BCUT2D eigenvalue weighted by molar-refractivity contribution is 6.13. The van der Waals surface area contributed by atoms with Gasteiger partial charge in [-0.25, -0.2) is 4.79 Å². The minimum absolute atomic E-state index is 0.252. The van der Waals surface area contributed by atoms with Crippen LogP contribution in [-0.4, -0.2) is 18.5 Å².